The summed E-state index contributed by atoms with van der Waals surface area (Å²) in [5.41, 5.74) is 0. The summed E-state index contributed by atoms with van der Waals surface area (Å²) in [5, 5.41) is 8.10. The molecular weight excluding hydrogens is 176 g/mol. The minimum absolute atomic E-state index is 0.166. The third-order valence-electron chi connectivity index (χ3n) is 1.92. The van der Waals surface area contributed by atoms with Crippen molar-refractivity contribution in [3.63, 3.8) is 0 Å². The highest BCUT2D eigenvalue weighted by Crippen LogP contribution is 2.30. The molecule has 0 spiro atoms. The van der Waals surface area contributed by atoms with Crippen LogP contribution in [0, 0.1) is 11.3 Å². The van der Waals surface area contributed by atoms with Crippen molar-refractivity contribution < 1.29 is 8.42 Å². The maximum atomic E-state index is 11.4. The highest BCUT2D eigenvalue weighted by Gasteiger charge is 2.38. The molecule has 1 fully saturated rings. The number of rotatable bonds is 4. The van der Waals surface area contributed by atoms with E-state index in [1.807, 2.05) is 6.07 Å². The Morgan fingerprint density at radius 2 is 2.17 bits per heavy atom. The summed E-state index contributed by atoms with van der Waals surface area (Å²) in [5.74, 6) is 0. The molecule has 0 bridgehead atoms. The van der Waals surface area contributed by atoms with Crippen molar-refractivity contribution in [3.05, 3.63) is 0 Å². The quantitative estimate of drug-likeness (QED) is 0.638. The molecule has 0 aliphatic heterocycles. The van der Waals surface area contributed by atoms with Crippen LogP contribution in [0.2, 0.25) is 0 Å². The Morgan fingerprint density at radius 1 is 1.58 bits per heavy atom. The Bertz CT molecular complexity index is 287. The summed E-state index contributed by atoms with van der Waals surface area (Å²) >= 11 is 0. The number of nitrogens with zero attached hydrogens (tertiary/aromatic N) is 2. The molecule has 4 nitrogen and oxygen atoms in total. The zero-order valence-electron chi connectivity index (χ0n) is 7.02. The normalized spacial score (nSPS) is 17.8. The largest absolute Gasteiger partial charge is 0.216 e. The second kappa shape index (κ2) is 3.42. The topological polar surface area (TPSA) is 61.2 Å². The smallest absolute Gasteiger partial charge is 0.212 e. The zero-order chi connectivity index (χ0) is 9.19. The average Bonchev–Trinajstić information content (AvgIpc) is 2.81. The van der Waals surface area contributed by atoms with Crippen LogP contribution in [0.25, 0.3) is 0 Å². The molecule has 0 heterocycles. The molecule has 1 aliphatic carbocycles. The third kappa shape index (κ3) is 1.96. The van der Waals surface area contributed by atoms with Crippen LogP contribution in [-0.2, 0) is 10.0 Å². The number of nitriles is 1. The molecule has 0 aromatic heterocycles. The van der Waals surface area contributed by atoms with E-state index >= 15 is 0 Å². The molecule has 0 amide bonds. The van der Waals surface area contributed by atoms with Gasteiger partial charge >= 0.3 is 0 Å². The van der Waals surface area contributed by atoms with Crippen LogP contribution >= 0.6 is 0 Å². The Hall–Kier alpha value is -0.600. The molecule has 12 heavy (non-hydrogen) atoms. The van der Waals surface area contributed by atoms with E-state index in [9.17, 15) is 8.42 Å². The molecule has 1 saturated carbocycles. The van der Waals surface area contributed by atoms with E-state index in [0.717, 1.165) is 12.8 Å². The van der Waals surface area contributed by atoms with Gasteiger partial charge in [0.1, 0.15) is 0 Å². The fraction of sp³-hybridized carbons (Fsp3) is 0.857. The van der Waals surface area contributed by atoms with Crippen molar-refractivity contribution in [3.8, 4) is 6.07 Å². The molecule has 0 aromatic rings. The lowest BCUT2D eigenvalue weighted by Gasteiger charge is -2.14. The first-order valence-corrected chi connectivity index (χ1v) is 5.41. The van der Waals surface area contributed by atoms with Crippen molar-refractivity contribution in [2.75, 3.05) is 13.6 Å². The summed E-state index contributed by atoms with van der Waals surface area (Å²) in [6.45, 7) is 0.315. The van der Waals surface area contributed by atoms with E-state index in [1.54, 1.807) is 0 Å². The average molecular weight is 188 g/mol. The fourth-order valence-electron chi connectivity index (χ4n) is 0.955. The van der Waals surface area contributed by atoms with Gasteiger partial charge in [0.25, 0.3) is 0 Å². The molecule has 0 aromatic carbocycles. The molecule has 0 unspecified atom stereocenters. The van der Waals surface area contributed by atoms with Gasteiger partial charge in [-0.05, 0) is 12.8 Å². The van der Waals surface area contributed by atoms with Gasteiger partial charge in [-0.15, -0.1) is 0 Å². The van der Waals surface area contributed by atoms with Crippen molar-refractivity contribution in [2.24, 2.45) is 0 Å². The van der Waals surface area contributed by atoms with Gasteiger partial charge in [-0.2, -0.15) is 5.26 Å². The van der Waals surface area contributed by atoms with Gasteiger partial charge < -0.3 is 0 Å². The Kier molecular flexibility index (Phi) is 2.70. The predicted molar refractivity (Wildman–Crippen MR) is 44.8 cm³/mol. The van der Waals surface area contributed by atoms with Crippen LogP contribution in [-0.4, -0.2) is 31.6 Å². The second-order valence-corrected chi connectivity index (χ2v) is 5.29. The maximum absolute atomic E-state index is 11.4. The second-order valence-electron chi connectivity index (χ2n) is 2.97. The van der Waals surface area contributed by atoms with Crippen LogP contribution in [0.5, 0.6) is 0 Å². The Balaban J connectivity index is 2.51. The summed E-state index contributed by atoms with van der Waals surface area (Å²) in [6, 6.07) is 1.92. The van der Waals surface area contributed by atoms with Crippen molar-refractivity contribution >= 4 is 10.0 Å². The van der Waals surface area contributed by atoms with Crippen LogP contribution in [0.15, 0.2) is 0 Å². The lowest BCUT2D eigenvalue weighted by atomic mass is 10.5. The first-order valence-electron chi connectivity index (χ1n) is 3.91. The molecule has 68 valence electrons. The first-order chi connectivity index (χ1) is 5.59. The van der Waals surface area contributed by atoms with Gasteiger partial charge in [0.2, 0.25) is 10.0 Å². The number of hydrogen-bond acceptors (Lipinski definition) is 3. The lowest BCUT2D eigenvalue weighted by molar-refractivity contribution is 0.475. The number of hydrogen-bond donors (Lipinski definition) is 0. The van der Waals surface area contributed by atoms with Gasteiger partial charge in [-0.25, -0.2) is 12.7 Å². The summed E-state index contributed by atoms with van der Waals surface area (Å²) in [6.07, 6.45) is 1.82. The first kappa shape index (κ1) is 9.49. The summed E-state index contributed by atoms with van der Waals surface area (Å²) in [7, 11) is -1.52. The van der Waals surface area contributed by atoms with E-state index < -0.39 is 10.0 Å². The van der Waals surface area contributed by atoms with Crippen LogP contribution in [0.4, 0.5) is 0 Å². The van der Waals surface area contributed by atoms with Gasteiger partial charge in [-0.1, -0.05) is 0 Å². The van der Waals surface area contributed by atoms with Crippen molar-refractivity contribution in [2.45, 2.75) is 24.5 Å². The van der Waals surface area contributed by atoms with Crippen LogP contribution in [0.3, 0.4) is 0 Å². The van der Waals surface area contributed by atoms with E-state index in [-0.39, 0.29) is 11.7 Å². The molecule has 1 rings (SSSR count). The monoisotopic (exact) mass is 188 g/mol. The predicted octanol–water partition coefficient (Wildman–Crippen LogP) is 0.324. The third-order valence-corrected chi connectivity index (χ3v) is 4.28. The molecular formula is C7H12N2O2S. The highest BCUT2D eigenvalue weighted by molar-refractivity contribution is 7.90. The molecule has 0 atom stereocenters. The highest BCUT2D eigenvalue weighted by atomic mass is 32.2. The van der Waals surface area contributed by atoms with E-state index in [4.69, 9.17) is 5.26 Å². The molecule has 0 radical (unpaired) electrons. The van der Waals surface area contributed by atoms with Gasteiger partial charge in [0.15, 0.2) is 0 Å². The summed E-state index contributed by atoms with van der Waals surface area (Å²) < 4.78 is 24.1. The maximum Gasteiger partial charge on any atom is 0.216 e. The summed E-state index contributed by atoms with van der Waals surface area (Å²) in [4.78, 5) is 0. The molecule has 0 N–H and O–H groups in total. The van der Waals surface area contributed by atoms with Crippen molar-refractivity contribution in [1.82, 2.24) is 4.31 Å². The van der Waals surface area contributed by atoms with Gasteiger partial charge in [-0.3, -0.25) is 0 Å². The van der Waals surface area contributed by atoms with E-state index in [2.05, 4.69) is 0 Å². The van der Waals surface area contributed by atoms with Crippen molar-refractivity contribution in [1.29, 1.82) is 5.26 Å². The number of sulfonamides is 1. The van der Waals surface area contributed by atoms with Crippen LogP contribution < -0.4 is 0 Å². The van der Waals surface area contributed by atoms with Crippen LogP contribution in [0.1, 0.15) is 19.3 Å². The fourth-order valence-corrected chi connectivity index (χ4v) is 2.54. The Labute approximate surface area is 72.8 Å². The standard InChI is InChI=1S/C7H12N2O2S/c1-9(6-2-5-8)12(10,11)7-3-4-7/h7H,2-4,6H2,1H3. The van der Waals surface area contributed by atoms with Gasteiger partial charge in [0, 0.05) is 20.0 Å². The minimum atomic E-state index is -3.06. The minimum Gasteiger partial charge on any atom is -0.212 e. The van der Waals surface area contributed by atoms with Gasteiger partial charge in [0.05, 0.1) is 11.3 Å². The zero-order valence-corrected chi connectivity index (χ0v) is 7.84. The molecule has 1 aliphatic rings. The Morgan fingerprint density at radius 3 is 2.58 bits per heavy atom. The van der Waals surface area contributed by atoms with E-state index in [1.165, 1.54) is 11.4 Å². The molecule has 0 saturated heterocycles. The molecule has 5 heteroatoms. The van der Waals surface area contributed by atoms with E-state index in [0.29, 0.717) is 6.54 Å². The lowest BCUT2D eigenvalue weighted by Crippen LogP contribution is -2.30. The SMILES string of the molecule is CN(CCC#N)S(=O)(=O)C1CC1.